The van der Waals surface area contributed by atoms with Crippen molar-refractivity contribution in [3.05, 3.63) is 205 Å². The predicted octanol–water partition coefficient (Wildman–Crippen LogP) is 13.1. The molecule has 1 aromatic carbocycles. The summed E-state index contributed by atoms with van der Waals surface area (Å²) in [5.74, 6) is 2.50. The van der Waals surface area contributed by atoms with Crippen LogP contribution in [0, 0.1) is 11.8 Å². The molecular formula is C52H49NOS. The molecule has 0 saturated heterocycles. The zero-order valence-corrected chi connectivity index (χ0v) is 32.4. The first-order valence-electron chi connectivity index (χ1n) is 20.9. The topological polar surface area (TPSA) is 12.5 Å². The number of rotatable bonds is 6. The van der Waals surface area contributed by atoms with Crippen LogP contribution in [0.1, 0.15) is 87.2 Å². The highest BCUT2D eigenvalue weighted by Gasteiger charge is 2.41. The zero-order chi connectivity index (χ0) is 36.3. The van der Waals surface area contributed by atoms with Gasteiger partial charge in [-0.1, -0.05) is 133 Å². The van der Waals surface area contributed by atoms with Crippen molar-refractivity contribution in [2.75, 3.05) is 0 Å². The number of allylic oxidation sites excluding steroid dienone is 24. The van der Waals surface area contributed by atoms with Gasteiger partial charge in [0.05, 0.1) is 6.04 Å². The molecule has 8 aliphatic carbocycles. The number of fused-ring (bicyclic) bond motifs is 5. The van der Waals surface area contributed by atoms with E-state index in [1.54, 1.807) is 32.8 Å². The molecule has 2 nitrogen and oxygen atoms in total. The van der Waals surface area contributed by atoms with E-state index in [1.165, 1.54) is 65.1 Å². The summed E-state index contributed by atoms with van der Waals surface area (Å²) in [5, 5.41) is 0. The van der Waals surface area contributed by atoms with Gasteiger partial charge in [0.1, 0.15) is 11.9 Å². The van der Waals surface area contributed by atoms with Crippen molar-refractivity contribution in [1.82, 2.24) is 4.90 Å². The second-order valence-corrected chi connectivity index (χ2v) is 17.8. The fraction of sp³-hybridized carbons (Fsp3) is 0.308. The quantitative estimate of drug-likeness (QED) is 0.289. The van der Waals surface area contributed by atoms with Gasteiger partial charge in [-0.25, -0.2) is 0 Å². The minimum atomic E-state index is 0.0775. The lowest BCUT2D eigenvalue weighted by Crippen LogP contribution is -2.40. The van der Waals surface area contributed by atoms with Gasteiger partial charge in [0.2, 0.25) is 0 Å². The van der Waals surface area contributed by atoms with Crippen LogP contribution in [0.15, 0.2) is 194 Å². The normalized spacial score (nSPS) is 31.0. The average molecular weight is 736 g/mol. The molecule has 0 spiro atoms. The lowest BCUT2D eigenvalue weighted by Gasteiger charge is -2.42. The molecule has 3 heteroatoms. The van der Waals surface area contributed by atoms with Crippen LogP contribution in [0.3, 0.4) is 0 Å². The van der Waals surface area contributed by atoms with Gasteiger partial charge in [0, 0.05) is 46.2 Å². The molecule has 274 valence electrons. The SMILES string of the molecule is C1=CCC(c2cccc3c2OC2C=CC([C@H]4C=CC(N(C5=CC=C(C6=CC7=C(C=CCC7)CC6)CC5)C5C=CC=C6SC7=C(C=CCC7)C65)=CC4)=CC32)C=C1. The Balaban J connectivity index is 0.891. The standard InChI is InChI=1S/C52H49NOS/c1-2-11-37(12-3-1)43-15-8-16-44-46-33-40(26-31-48(46)54-52(43)44)36-24-29-42(30-25-36)53(47-17-9-19-50-51(47)45-14-6-7-18-49(45)55-50)41-27-22-35(23-28-41)39-21-20-34-10-4-5-13-38(34)32-39/h1-4,6,8-11,14-17,19,22,24,26-27,29-33,36-37,46-48,51H,5,7,12-13,18,20-21,23,25,28H2/t36-,37?,46?,47?,48?,51?/m0/s1. The lowest BCUT2D eigenvalue weighted by atomic mass is 9.80. The predicted molar refractivity (Wildman–Crippen MR) is 229 cm³/mol. The molecule has 0 N–H and O–H groups in total. The van der Waals surface area contributed by atoms with E-state index >= 15 is 0 Å². The molecule has 55 heavy (non-hydrogen) atoms. The van der Waals surface area contributed by atoms with E-state index in [2.05, 4.69) is 145 Å². The van der Waals surface area contributed by atoms with Crippen molar-refractivity contribution in [3.8, 4) is 5.75 Å². The molecule has 0 amide bonds. The second-order valence-electron chi connectivity index (χ2n) is 16.6. The van der Waals surface area contributed by atoms with Crippen LogP contribution in [0.25, 0.3) is 0 Å². The van der Waals surface area contributed by atoms with Crippen LogP contribution in [-0.4, -0.2) is 17.0 Å². The van der Waals surface area contributed by atoms with Crippen LogP contribution in [-0.2, 0) is 0 Å². The van der Waals surface area contributed by atoms with Crippen molar-refractivity contribution in [1.29, 1.82) is 0 Å². The number of hydrogen-bond acceptors (Lipinski definition) is 3. The molecule has 2 aliphatic heterocycles. The first-order valence-corrected chi connectivity index (χ1v) is 21.7. The Morgan fingerprint density at radius 1 is 0.691 bits per heavy atom. The second kappa shape index (κ2) is 14.1. The smallest absolute Gasteiger partial charge is 0.128 e. The molecule has 1 aromatic rings. The van der Waals surface area contributed by atoms with Gasteiger partial charge in [-0.3, -0.25) is 0 Å². The molecule has 6 atom stereocenters. The van der Waals surface area contributed by atoms with Gasteiger partial charge in [0.25, 0.3) is 0 Å². The minimum Gasteiger partial charge on any atom is -0.485 e. The van der Waals surface area contributed by atoms with Gasteiger partial charge < -0.3 is 9.64 Å². The maximum absolute atomic E-state index is 6.69. The lowest BCUT2D eigenvalue weighted by molar-refractivity contribution is 0.265. The Hall–Kier alpha value is -4.73. The number of hydrogen-bond donors (Lipinski definition) is 0. The molecular weight excluding hydrogens is 687 g/mol. The van der Waals surface area contributed by atoms with Crippen LogP contribution in [0.4, 0.5) is 0 Å². The average Bonchev–Trinajstić information content (AvgIpc) is 3.83. The van der Waals surface area contributed by atoms with Crippen molar-refractivity contribution in [2.45, 2.75) is 88.2 Å². The third kappa shape index (κ3) is 6.02. The highest BCUT2D eigenvalue weighted by molar-refractivity contribution is 8.07. The number of para-hydroxylation sites is 1. The van der Waals surface area contributed by atoms with Crippen molar-refractivity contribution >= 4 is 11.8 Å². The van der Waals surface area contributed by atoms with Gasteiger partial charge in [0.15, 0.2) is 0 Å². The molecule has 0 aromatic heterocycles. The molecule has 5 unspecified atom stereocenters. The van der Waals surface area contributed by atoms with E-state index in [0.29, 0.717) is 17.8 Å². The maximum atomic E-state index is 6.69. The van der Waals surface area contributed by atoms with Crippen molar-refractivity contribution < 1.29 is 4.74 Å². The van der Waals surface area contributed by atoms with E-state index < -0.39 is 0 Å². The van der Waals surface area contributed by atoms with Crippen LogP contribution in [0.2, 0.25) is 0 Å². The summed E-state index contributed by atoms with van der Waals surface area (Å²) in [4.78, 5) is 5.83. The van der Waals surface area contributed by atoms with E-state index in [9.17, 15) is 0 Å². The summed E-state index contributed by atoms with van der Waals surface area (Å²) in [7, 11) is 0. The number of benzene rings is 1. The number of thioether (sulfide) groups is 1. The molecule has 0 radical (unpaired) electrons. The highest BCUT2D eigenvalue weighted by atomic mass is 32.2. The maximum Gasteiger partial charge on any atom is 0.128 e. The minimum absolute atomic E-state index is 0.0775. The Labute approximate surface area is 331 Å². The molecule has 2 heterocycles. The fourth-order valence-electron chi connectivity index (χ4n) is 10.6. The Morgan fingerprint density at radius 3 is 2.51 bits per heavy atom. The first-order chi connectivity index (χ1) is 27.2. The Bertz CT molecular complexity index is 2310. The third-order valence-corrected chi connectivity index (χ3v) is 14.8. The summed E-state index contributed by atoms with van der Waals surface area (Å²) in [6, 6.07) is 7.05. The Morgan fingerprint density at radius 2 is 1.62 bits per heavy atom. The Kier molecular flexibility index (Phi) is 8.61. The van der Waals surface area contributed by atoms with E-state index in [4.69, 9.17) is 4.74 Å². The van der Waals surface area contributed by atoms with Gasteiger partial charge in [-0.05, 0) is 126 Å². The molecule has 0 saturated carbocycles. The van der Waals surface area contributed by atoms with Crippen LogP contribution < -0.4 is 4.74 Å². The summed E-state index contributed by atoms with van der Waals surface area (Å²) >= 11 is 2.05. The zero-order valence-electron chi connectivity index (χ0n) is 31.6. The van der Waals surface area contributed by atoms with E-state index in [1.807, 2.05) is 11.8 Å². The molecule has 11 rings (SSSR count). The largest absolute Gasteiger partial charge is 0.485 e. The summed E-state index contributed by atoms with van der Waals surface area (Å²) in [5.41, 5.74) is 14.7. The summed E-state index contributed by atoms with van der Waals surface area (Å²) in [6.45, 7) is 0. The first kappa shape index (κ1) is 33.6. The monoisotopic (exact) mass is 735 g/mol. The third-order valence-electron chi connectivity index (χ3n) is 13.5. The van der Waals surface area contributed by atoms with Gasteiger partial charge in [-0.15, -0.1) is 0 Å². The van der Waals surface area contributed by atoms with Crippen molar-refractivity contribution in [2.24, 2.45) is 11.8 Å². The molecule has 0 fully saturated rings. The van der Waals surface area contributed by atoms with Crippen LogP contribution >= 0.6 is 11.8 Å². The molecule has 0 bridgehead atoms. The molecule has 10 aliphatic rings. The van der Waals surface area contributed by atoms with E-state index in [0.717, 1.165) is 37.9 Å². The van der Waals surface area contributed by atoms with E-state index in [-0.39, 0.29) is 18.1 Å². The van der Waals surface area contributed by atoms with Crippen LogP contribution in [0.5, 0.6) is 5.75 Å². The number of ether oxygens (including phenoxy) is 1. The summed E-state index contributed by atoms with van der Waals surface area (Å²) in [6.07, 6.45) is 59.2. The van der Waals surface area contributed by atoms with Gasteiger partial charge in [-0.2, -0.15) is 0 Å². The van der Waals surface area contributed by atoms with Gasteiger partial charge >= 0.3 is 0 Å². The fourth-order valence-corrected chi connectivity index (χ4v) is 12.0. The van der Waals surface area contributed by atoms with Crippen molar-refractivity contribution in [3.63, 3.8) is 0 Å². The number of nitrogens with zero attached hydrogens (tertiary/aromatic N) is 1. The summed E-state index contributed by atoms with van der Waals surface area (Å²) < 4.78 is 6.69. The highest BCUT2D eigenvalue weighted by Crippen LogP contribution is 2.54.